The topological polar surface area (TPSA) is 74.1 Å². The number of methoxy groups -OCH3 is 1. The first-order chi connectivity index (χ1) is 12.7. The summed E-state index contributed by atoms with van der Waals surface area (Å²) in [6.45, 7) is 0. The van der Waals surface area contributed by atoms with Crippen molar-refractivity contribution >= 4 is 28.9 Å². The minimum absolute atomic E-state index is 0.0883. The van der Waals surface area contributed by atoms with Crippen LogP contribution in [0.15, 0.2) is 54.2 Å². The van der Waals surface area contributed by atoms with E-state index >= 15 is 0 Å². The maximum atomic E-state index is 13.1. The molecule has 0 atom stereocenters. The number of amides is 1. The quantitative estimate of drug-likeness (QED) is 0.562. The number of halogens is 4. The van der Waals surface area contributed by atoms with Crippen molar-refractivity contribution in [3.8, 4) is 11.8 Å². The van der Waals surface area contributed by atoms with Crippen molar-refractivity contribution in [1.29, 1.82) is 5.26 Å². The van der Waals surface area contributed by atoms with Crippen LogP contribution in [0.4, 0.5) is 24.5 Å². The Kier molecular flexibility index (Phi) is 6.32. The molecule has 5 nitrogen and oxygen atoms in total. The van der Waals surface area contributed by atoms with Crippen molar-refractivity contribution in [3.63, 3.8) is 0 Å². The monoisotopic (exact) mass is 395 g/mol. The van der Waals surface area contributed by atoms with E-state index in [-0.39, 0.29) is 10.7 Å². The van der Waals surface area contributed by atoms with Gasteiger partial charge in [-0.2, -0.15) is 18.4 Å². The zero-order valence-electron chi connectivity index (χ0n) is 13.9. The highest BCUT2D eigenvalue weighted by atomic mass is 35.5. The summed E-state index contributed by atoms with van der Waals surface area (Å²) in [5.41, 5.74) is -1.37. The average Bonchev–Trinajstić information content (AvgIpc) is 2.63. The molecule has 0 heterocycles. The molecular weight excluding hydrogens is 383 g/mol. The molecule has 2 N–H and O–H groups in total. The van der Waals surface area contributed by atoms with Crippen LogP contribution in [-0.4, -0.2) is 13.0 Å². The first-order valence-electron chi connectivity index (χ1n) is 7.43. The molecule has 0 radical (unpaired) electrons. The predicted octanol–water partition coefficient (Wildman–Crippen LogP) is 4.83. The third-order valence-electron chi connectivity index (χ3n) is 3.37. The van der Waals surface area contributed by atoms with E-state index in [1.165, 1.54) is 13.2 Å². The number of hydrogen-bond donors (Lipinski definition) is 2. The lowest BCUT2D eigenvalue weighted by molar-refractivity contribution is -0.136. The van der Waals surface area contributed by atoms with Crippen LogP contribution in [0, 0.1) is 11.3 Å². The number of ether oxygens (including phenoxy) is 1. The van der Waals surface area contributed by atoms with Gasteiger partial charge in [-0.3, -0.25) is 4.79 Å². The van der Waals surface area contributed by atoms with Crippen molar-refractivity contribution in [2.24, 2.45) is 0 Å². The van der Waals surface area contributed by atoms with Gasteiger partial charge < -0.3 is 15.4 Å². The van der Waals surface area contributed by atoms with Gasteiger partial charge in [-0.15, -0.1) is 0 Å². The number of alkyl halides is 3. The van der Waals surface area contributed by atoms with Crippen LogP contribution in [0.5, 0.6) is 5.75 Å². The van der Waals surface area contributed by atoms with Gasteiger partial charge in [0.2, 0.25) is 0 Å². The fourth-order valence-corrected chi connectivity index (χ4v) is 2.22. The van der Waals surface area contributed by atoms with Crippen LogP contribution in [0.3, 0.4) is 0 Å². The van der Waals surface area contributed by atoms with Crippen LogP contribution in [0.1, 0.15) is 5.56 Å². The average molecular weight is 396 g/mol. The fraction of sp³-hybridized carbons (Fsp3) is 0.111. The summed E-state index contributed by atoms with van der Waals surface area (Å²) in [6.07, 6.45) is -3.75. The van der Waals surface area contributed by atoms with Gasteiger partial charge in [-0.25, -0.2) is 0 Å². The Morgan fingerprint density at radius 1 is 1.22 bits per heavy atom. The lowest BCUT2D eigenvalue weighted by Crippen LogP contribution is -2.15. The first kappa shape index (κ1) is 20.1. The third-order valence-corrected chi connectivity index (χ3v) is 3.61. The molecular formula is C18H13ClF3N3O2. The highest BCUT2D eigenvalue weighted by Crippen LogP contribution is 2.36. The molecule has 0 aliphatic heterocycles. The number of benzene rings is 2. The molecule has 0 bridgehead atoms. The number of carbonyl (C=O) groups excluding carboxylic acids is 1. The summed E-state index contributed by atoms with van der Waals surface area (Å²) < 4.78 is 44.2. The van der Waals surface area contributed by atoms with E-state index in [1.54, 1.807) is 30.3 Å². The second-order valence-electron chi connectivity index (χ2n) is 5.18. The van der Waals surface area contributed by atoms with Crippen LogP contribution < -0.4 is 15.4 Å². The Morgan fingerprint density at radius 2 is 1.89 bits per heavy atom. The molecule has 0 aromatic heterocycles. The zero-order chi connectivity index (χ0) is 20.0. The maximum Gasteiger partial charge on any atom is 0.418 e. The molecule has 140 valence electrons. The van der Waals surface area contributed by atoms with Gasteiger partial charge in [0.05, 0.1) is 18.4 Å². The highest BCUT2D eigenvalue weighted by Gasteiger charge is 2.33. The van der Waals surface area contributed by atoms with Gasteiger partial charge in [-0.05, 0) is 42.5 Å². The Hall–Kier alpha value is -3.18. The van der Waals surface area contributed by atoms with E-state index in [1.807, 2.05) is 0 Å². The molecule has 0 spiro atoms. The molecule has 1 amide bonds. The molecule has 0 saturated carbocycles. The Balaban J connectivity index is 2.19. The molecule has 27 heavy (non-hydrogen) atoms. The fourth-order valence-electron chi connectivity index (χ4n) is 2.05. The molecule has 2 rings (SSSR count). The number of nitriles is 1. The molecule has 2 aromatic carbocycles. The highest BCUT2D eigenvalue weighted by molar-refractivity contribution is 6.30. The summed E-state index contributed by atoms with van der Waals surface area (Å²) in [7, 11) is 1.49. The van der Waals surface area contributed by atoms with E-state index in [4.69, 9.17) is 21.6 Å². The molecule has 0 unspecified atom stereocenters. The van der Waals surface area contributed by atoms with Crippen molar-refractivity contribution in [2.45, 2.75) is 6.18 Å². The molecule has 0 saturated heterocycles. The van der Waals surface area contributed by atoms with E-state index in [0.717, 1.165) is 18.3 Å². The van der Waals surface area contributed by atoms with Crippen LogP contribution in [0.25, 0.3) is 0 Å². The summed E-state index contributed by atoms with van der Waals surface area (Å²) in [5, 5.41) is 13.8. The summed E-state index contributed by atoms with van der Waals surface area (Å²) in [5.74, 6) is -0.203. The second-order valence-corrected chi connectivity index (χ2v) is 5.62. The Labute approximate surface area is 158 Å². The van der Waals surface area contributed by atoms with Gasteiger partial charge in [-0.1, -0.05) is 11.6 Å². The van der Waals surface area contributed by atoms with Crippen molar-refractivity contribution < 1.29 is 22.7 Å². The number of nitrogens with zero attached hydrogens (tertiary/aromatic N) is 1. The van der Waals surface area contributed by atoms with E-state index < -0.39 is 23.2 Å². The zero-order valence-corrected chi connectivity index (χ0v) is 14.7. The normalized spacial score (nSPS) is 11.5. The molecule has 2 aromatic rings. The minimum Gasteiger partial charge on any atom is -0.497 e. The molecule has 0 aliphatic carbocycles. The Morgan fingerprint density at radius 3 is 2.44 bits per heavy atom. The lowest BCUT2D eigenvalue weighted by atomic mass is 10.1. The van der Waals surface area contributed by atoms with Gasteiger partial charge in [0.1, 0.15) is 17.4 Å². The number of hydrogen-bond acceptors (Lipinski definition) is 4. The first-order valence-corrected chi connectivity index (χ1v) is 7.81. The van der Waals surface area contributed by atoms with E-state index in [9.17, 15) is 18.0 Å². The summed E-state index contributed by atoms with van der Waals surface area (Å²) in [4.78, 5) is 12.1. The second kappa shape index (κ2) is 8.47. The van der Waals surface area contributed by atoms with E-state index in [0.29, 0.717) is 11.4 Å². The number of anilines is 2. The number of carbonyl (C=O) groups is 1. The van der Waals surface area contributed by atoms with Crippen LogP contribution >= 0.6 is 11.6 Å². The number of rotatable bonds is 5. The Bertz CT molecular complexity index is 904. The maximum absolute atomic E-state index is 13.1. The SMILES string of the molecule is COc1ccc(NC(=O)/C(C#N)=C\Nc2ccc(Cl)cc2C(F)(F)F)cc1. The van der Waals surface area contributed by atoms with Crippen molar-refractivity contribution in [2.75, 3.05) is 17.7 Å². The molecule has 0 fully saturated rings. The lowest BCUT2D eigenvalue weighted by Gasteiger charge is -2.13. The largest absolute Gasteiger partial charge is 0.497 e. The van der Waals surface area contributed by atoms with Gasteiger partial charge in [0.15, 0.2) is 0 Å². The van der Waals surface area contributed by atoms with Crippen molar-refractivity contribution in [3.05, 3.63) is 64.8 Å². The third kappa shape index (κ3) is 5.39. The summed E-state index contributed by atoms with van der Waals surface area (Å²) in [6, 6.07) is 11.1. The smallest absolute Gasteiger partial charge is 0.418 e. The van der Waals surface area contributed by atoms with Crippen LogP contribution in [-0.2, 0) is 11.0 Å². The molecule has 0 aliphatic rings. The summed E-state index contributed by atoms with van der Waals surface area (Å²) >= 11 is 5.61. The standard InChI is InChI=1S/C18H13ClF3N3O2/c1-27-14-5-3-13(4-6-14)25-17(26)11(9-23)10-24-16-7-2-12(19)8-15(16)18(20,21)22/h2-8,10,24H,1H3,(H,25,26)/b11-10-. The van der Waals surface area contributed by atoms with Gasteiger partial charge >= 0.3 is 6.18 Å². The molecule has 9 heteroatoms. The van der Waals surface area contributed by atoms with Crippen molar-refractivity contribution in [1.82, 2.24) is 0 Å². The predicted molar refractivity (Wildman–Crippen MR) is 95.4 cm³/mol. The van der Waals surface area contributed by atoms with Gasteiger partial charge in [0, 0.05) is 16.9 Å². The van der Waals surface area contributed by atoms with Crippen LogP contribution in [0.2, 0.25) is 5.02 Å². The van der Waals surface area contributed by atoms with Gasteiger partial charge in [0.25, 0.3) is 5.91 Å². The minimum atomic E-state index is -4.65. The van der Waals surface area contributed by atoms with E-state index in [2.05, 4.69) is 10.6 Å². The number of nitrogens with one attached hydrogen (secondary N) is 2.